The smallest absolute Gasteiger partial charge is 0.387 e. The van der Waals surface area contributed by atoms with Gasteiger partial charge in [0.15, 0.2) is 5.78 Å². The quantitative estimate of drug-likeness (QED) is 0.379. The number of amides is 2. The summed E-state index contributed by atoms with van der Waals surface area (Å²) < 4.78 is 59.7. The summed E-state index contributed by atoms with van der Waals surface area (Å²) in [5.74, 6) is -3.16. The van der Waals surface area contributed by atoms with Gasteiger partial charge < -0.3 is 19.6 Å². The number of halogens is 4. The summed E-state index contributed by atoms with van der Waals surface area (Å²) in [6, 6.07) is 4.86. The molecule has 0 radical (unpaired) electrons. The molecule has 2 aliphatic heterocycles. The van der Waals surface area contributed by atoms with Crippen molar-refractivity contribution in [2.24, 2.45) is 5.92 Å². The van der Waals surface area contributed by atoms with Crippen LogP contribution in [0.2, 0.25) is 19.6 Å². The van der Waals surface area contributed by atoms with E-state index in [0.29, 0.717) is 11.1 Å². The molecule has 1 saturated heterocycles. The number of ether oxygens (including phenoxy) is 1. The number of Topliss-reactive ketones (excluding diaryl/α,β-unsaturated/α-hetero) is 1. The summed E-state index contributed by atoms with van der Waals surface area (Å²) in [5, 5.41) is 9.04. The molecule has 4 rings (SSSR count). The van der Waals surface area contributed by atoms with Crippen molar-refractivity contribution < 1.29 is 41.8 Å². The zero-order valence-electron chi connectivity index (χ0n) is 21.8. The van der Waals surface area contributed by atoms with Crippen LogP contribution in [0.3, 0.4) is 0 Å². The number of hydrogen-bond donors (Lipinski definition) is 1. The van der Waals surface area contributed by atoms with Crippen molar-refractivity contribution in [3.05, 3.63) is 58.7 Å². The lowest BCUT2D eigenvalue weighted by Crippen LogP contribution is -2.57. The average molecular weight is 567 g/mol. The number of rotatable bonds is 8. The summed E-state index contributed by atoms with van der Waals surface area (Å²) in [6.45, 7) is 2.95. The van der Waals surface area contributed by atoms with Gasteiger partial charge in [-0.2, -0.15) is 8.78 Å². The zero-order valence-corrected chi connectivity index (χ0v) is 22.8. The summed E-state index contributed by atoms with van der Waals surface area (Å²) in [7, 11) is -2.33. The molecule has 0 aromatic heterocycles. The lowest BCUT2D eigenvalue weighted by atomic mass is 9.87. The van der Waals surface area contributed by atoms with Crippen LogP contribution in [0.15, 0.2) is 30.3 Å². The number of urea groups is 1. The van der Waals surface area contributed by atoms with E-state index >= 15 is 0 Å². The largest absolute Gasteiger partial charge is 0.481 e. The van der Waals surface area contributed by atoms with E-state index in [4.69, 9.17) is 5.11 Å². The maximum atomic E-state index is 14.9. The monoisotopic (exact) mass is 566 g/mol. The van der Waals surface area contributed by atoms with Crippen molar-refractivity contribution in [2.45, 2.75) is 51.6 Å². The maximum absolute atomic E-state index is 14.9. The van der Waals surface area contributed by atoms with Crippen LogP contribution in [0, 0.1) is 17.6 Å². The summed E-state index contributed by atoms with van der Waals surface area (Å²) in [5.41, 5.74) is 1.09. The number of carboxylic acids is 1. The summed E-state index contributed by atoms with van der Waals surface area (Å²) in [6.07, 6.45) is -0.164. The van der Waals surface area contributed by atoms with Crippen molar-refractivity contribution in [1.82, 2.24) is 9.80 Å². The molecule has 1 fully saturated rings. The van der Waals surface area contributed by atoms with Gasteiger partial charge in [-0.3, -0.25) is 9.59 Å². The number of fused-ring (bicyclic) bond motifs is 1. The number of carbonyl (C=O) groups excluding carboxylic acids is 2. The topological polar surface area (TPSA) is 87.2 Å². The minimum absolute atomic E-state index is 0.0405. The van der Waals surface area contributed by atoms with E-state index in [-0.39, 0.29) is 61.3 Å². The predicted octanol–water partition coefficient (Wildman–Crippen LogP) is 4.35. The molecule has 2 heterocycles. The number of ketones is 1. The van der Waals surface area contributed by atoms with Crippen LogP contribution in [0.4, 0.5) is 22.4 Å². The highest BCUT2D eigenvalue weighted by atomic mass is 28.3. The van der Waals surface area contributed by atoms with Gasteiger partial charge in [0.1, 0.15) is 23.4 Å². The minimum Gasteiger partial charge on any atom is -0.481 e. The van der Waals surface area contributed by atoms with Crippen LogP contribution in [-0.4, -0.2) is 67.0 Å². The molecule has 1 atom stereocenters. The van der Waals surface area contributed by atoms with E-state index in [1.807, 2.05) is 19.6 Å². The Labute approximate surface area is 224 Å². The number of likely N-dealkylation sites (tertiary alicyclic amines) is 1. The van der Waals surface area contributed by atoms with E-state index in [0.717, 1.165) is 12.1 Å². The Balaban J connectivity index is 1.63. The molecular formula is C27H30F4N2O5Si. The molecular weight excluding hydrogens is 536 g/mol. The highest BCUT2D eigenvalue weighted by molar-refractivity contribution is 6.88. The first-order valence-electron chi connectivity index (χ1n) is 12.6. The fourth-order valence-electron chi connectivity index (χ4n) is 5.36. The number of hydrogen-bond acceptors (Lipinski definition) is 4. The third-order valence-electron chi connectivity index (χ3n) is 7.04. The van der Waals surface area contributed by atoms with Gasteiger partial charge >= 0.3 is 18.6 Å². The standard InChI is InChI=1S/C27H30F4N2O5Si/c1-39(2,3)25-20(28)8-15(9-21(25)29)10-22(34)24-19-5-4-18(38-26(30)31)12-17(19)6-7-33(24)27(37)32-13-16(14-32)11-23(35)36/h4-5,8-9,12,16,24,26H,6-7,10-11,13-14H2,1-3H3,(H,35,36)/t24-/m1/s1. The molecule has 7 nitrogen and oxygen atoms in total. The van der Waals surface area contributed by atoms with Crippen molar-refractivity contribution >= 4 is 31.0 Å². The molecule has 39 heavy (non-hydrogen) atoms. The number of alkyl halides is 2. The first-order valence-corrected chi connectivity index (χ1v) is 16.1. The Hall–Kier alpha value is -3.41. The van der Waals surface area contributed by atoms with E-state index in [2.05, 4.69) is 4.74 Å². The van der Waals surface area contributed by atoms with Gasteiger partial charge in [0.2, 0.25) is 0 Å². The molecule has 2 aromatic rings. The summed E-state index contributed by atoms with van der Waals surface area (Å²) in [4.78, 5) is 40.8. The fraction of sp³-hybridized carbons (Fsp3) is 0.444. The molecule has 2 aliphatic rings. The highest BCUT2D eigenvalue weighted by Gasteiger charge is 2.41. The number of carbonyl (C=O) groups is 3. The third kappa shape index (κ3) is 6.26. The molecule has 0 unspecified atom stereocenters. The second-order valence-electron chi connectivity index (χ2n) is 11.1. The molecule has 1 N–H and O–H groups in total. The number of benzene rings is 2. The Bertz CT molecular complexity index is 1270. The van der Waals surface area contributed by atoms with Crippen molar-refractivity contribution in [3.63, 3.8) is 0 Å². The maximum Gasteiger partial charge on any atom is 0.387 e. The van der Waals surface area contributed by atoms with Crippen LogP contribution >= 0.6 is 0 Å². The fourth-order valence-corrected chi connectivity index (χ4v) is 6.94. The number of nitrogens with zero attached hydrogens (tertiary/aromatic N) is 2. The van der Waals surface area contributed by atoms with Gasteiger partial charge in [-0.15, -0.1) is 0 Å². The van der Waals surface area contributed by atoms with E-state index in [9.17, 15) is 31.9 Å². The van der Waals surface area contributed by atoms with Crippen molar-refractivity contribution in [3.8, 4) is 5.75 Å². The molecule has 0 saturated carbocycles. The lowest BCUT2D eigenvalue weighted by molar-refractivity contribution is -0.139. The highest BCUT2D eigenvalue weighted by Crippen LogP contribution is 2.36. The van der Waals surface area contributed by atoms with Crippen LogP contribution in [-0.2, 0) is 22.4 Å². The second-order valence-corrected chi connectivity index (χ2v) is 16.1. The third-order valence-corrected chi connectivity index (χ3v) is 9.02. The molecule has 12 heteroatoms. The van der Waals surface area contributed by atoms with Crippen molar-refractivity contribution in [1.29, 1.82) is 0 Å². The first-order chi connectivity index (χ1) is 18.2. The number of carboxylic acid groups (broad SMARTS) is 1. The SMILES string of the molecule is C[Si](C)(C)c1c(F)cc(CC(=O)[C@H]2c3ccc(OC(F)F)cc3CCN2C(=O)N2CC(CC(=O)O)C2)cc1F. The van der Waals surface area contributed by atoms with Crippen LogP contribution < -0.4 is 9.92 Å². The molecule has 0 spiro atoms. The van der Waals surface area contributed by atoms with E-state index in [1.54, 1.807) is 0 Å². The Morgan fingerprint density at radius 1 is 1.08 bits per heavy atom. The van der Waals surface area contributed by atoms with Gasteiger partial charge in [-0.25, -0.2) is 13.6 Å². The molecule has 2 amide bonds. The molecule has 210 valence electrons. The second kappa shape index (κ2) is 11.0. The van der Waals surface area contributed by atoms with Gasteiger partial charge in [0, 0.05) is 37.2 Å². The molecule has 2 aromatic carbocycles. The Kier molecular flexibility index (Phi) is 8.06. The lowest BCUT2D eigenvalue weighted by Gasteiger charge is -2.45. The predicted molar refractivity (Wildman–Crippen MR) is 137 cm³/mol. The minimum atomic E-state index is -3.03. The van der Waals surface area contributed by atoms with Crippen molar-refractivity contribution in [2.75, 3.05) is 19.6 Å². The van der Waals surface area contributed by atoms with Gasteiger partial charge in [-0.05, 0) is 47.4 Å². The van der Waals surface area contributed by atoms with Gasteiger partial charge in [0.05, 0.1) is 14.5 Å². The number of aliphatic carboxylic acids is 1. The normalized spacial score (nSPS) is 17.6. The average Bonchev–Trinajstić information content (AvgIpc) is 2.77. The molecule has 0 aliphatic carbocycles. The Morgan fingerprint density at radius 3 is 2.28 bits per heavy atom. The van der Waals surface area contributed by atoms with Gasteiger partial charge in [-0.1, -0.05) is 25.7 Å². The Morgan fingerprint density at radius 2 is 1.72 bits per heavy atom. The van der Waals surface area contributed by atoms with E-state index in [1.165, 1.54) is 28.0 Å². The van der Waals surface area contributed by atoms with Crippen LogP contribution in [0.5, 0.6) is 5.75 Å². The van der Waals surface area contributed by atoms with Crippen LogP contribution in [0.25, 0.3) is 0 Å². The first kappa shape index (κ1) is 28.6. The van der Waals surface area contributed by atoms with Gasteiger partial charge in [0.25, 0.3) is 0 Å². The molecule has 0 bridgehead atoms. The summed E-state index contributed by atoms with van der Waals surface area (Å²) >= 11 is 0. The zero-order chi connectivity index (χ0) is 28.6. The van der Waals surface area contributed by atoms with E-state index < -0.39 is 50.1 Å². The van der Waals surface area contributed by atoms with Crippen LogP contribution in [0.1, 0.15) is 29.2 Å².